The van der Waals surface area contributed by atoms with E-state index in [0.29, 0.717) is 53.9 Å². The predicted octanol–water partition coefficient (Wildman–Crippen LogP) is 2.64. The molecule has 11 heteroatoms. The molecule has 3 heterocycles. The Morgan fingerprint density at radius 2 is 1.82 bits per heavy atom. The van der Waals surface area contributed by atoms with Crippen molar-refractivity contribution in [2.75, 3.05) is 30.8 Å². The van der Waals surface area contributed by atoms with Crippen molar-refractivity contribution < 1.29 is 14.7 Å². The SMILES string of the molecule is CNc1ccc(C(=O)Nc2cccc(-n3ncc4c(=O)n(CC5(O)CCN(C(=O)C6CC6)CC5)cnc43)c2)cc1. The molecule has 3 N–H and O–H groups in total. The number of fused-ring (bicyclic) bond motifs is 1. The summed E-state index contributed by atoms with van der Waals surface area (Å²) < 4.78 is 2.97. The Morgan fingerprint density at radius 1 is 1.07 bits per heavy atom. The molecule has 1 saturated carbocycles. The molecule has 0 atom stereocenters. The molecule has 0 bridgehead atoms. The summed E-state index contributed by atoms with van der Waals surface area (Å²) in [6, 6.07) is 14.3. The first kappa shape index (κ1) is 25.8. The van der Waals surface area contributed by atoms with Gasteiger partial charge in [-0.2, -0.15) is 5.10 Å². The number of piperidine rings is 1. The zero-order valence-electron chi connectivity index (χ0n) is 22.2. The first-order chi connectivity index (χ1) is 19.3. The molecule has 0 unspecified atom stereocenters. The number of amides is 2. The zero-order valence-corrected chi connectivity index (χ0v) is 22.2. The summed E-state index contributed by atoms with van der Waals surface area (Å²) in [4.78, 5) is 44.7. The fourth-order valence-electron chi connectivity index (χ4n) is 5.16. The summed E-state index contributed by atoms with van der Waals surface area (Å²) in [7, 11) is 1.82. The molecule has 0 radical (unpaired) electrons. The lowest BCUT2D eigenvalue weighted by Gasteiger charge is -2.38. The molecule has 2 aromatic carbocycles. The first-order valence-electron chi connectivity index (χ1n) is 13.5. The monoisotopic (exact) mass is 541 g/mol. The topological polar surface area (TPSA) is 134 Å². The van der Waals surface area contributed by atoms with Gasteiger partial charge in [0.25, 0.3) is 11.5 Å². The van der Waals surface area contributed by atoms with Gasteiger partial charge in [0, 0.05) is 43.0 Å². The van der Waals surface area contributed by atoms with E-state index < -0.39 is 5.60 Å². The van der Waals surface area contributed by atoms with E-state index in [0.717, 1.165) is 18.5 Å². The minimum atomic E-state index is -1.09. The van der Waals surface area contributed by atoms with Crippen LogP contribution in [0.1, 0.15) is 36.0 Å². The van der Waals surface area contributed by atoms with Crippen LogP contribution in [0.5, 0.6) is 0 Å². The standard InChI is InChI=1S/C29H31N7O4/c1-30-21-9-7-19(8-10-21)26(37)33-22-3-2-4-23(15-22)36-25-24(16-32-36)28(39)35(18-31-25)17-29(40)11-13-34(14-12-29)27(38)20-5-6-20/h2-4,7-10,15-16,18,20,30,40H,5-6,11-14,17H2,1H3,(H,33,37). The van der Waals surface area contributed by atoms with Crippen LogP contribution in [0.15, 0.2) is 65.8 Å². The number of aliphatic hydroxyl groups is 1. The van der Waals surface area contributed by atoms with Crippen LogP contribution in [0.25, 0.3) is 16.7 Å². The van der Waals surface area contributed by atoms with Crippen LogP contribution in [-0.4, -0.2) is 66.9 Å². The minimum Gasteiger partial charge on any atom is -0.388 e. The fourth-order valence-corrected chi connectivity index (χ4v) is 5.16. The van der Waals surface area contributed by atoms with Crippen LogP contribution < -0.4 is 16.2 Å². The van der Waals surface area contributed by atoms with E-state index >= 15 is 0 Å². The quantitative estimate of drug-likeness (QED) is 0.327. The second-order valence-corrected chi connectivity index (χ2v) is 10.6. The highest BCUT2D eigenvalue weighted by Crippen LogP contribution is 2.33. The van der Waals surface area contributed by atoms with Crippen LogP contribution in [0, 0.1) is 5.92 Å². The second kappa shape index (κ2) is 10.2. The van der Waals surface area contributed by atoms with Gasteiger partial charge in [0.2, 0.25) is 5.91 Å². The third-order valence-corrected chi connectivity index (χ3v) is 7.74. The number of aromatic nitrogens is 4. The van der Waals surface area contributed by atoms with Crippen molar-refractivity contribution in [2.45, 2.75) is 37.8 Å². The highest BCUT2D eigenvalue weighted by Gasteiger charge is 2.39. The van der Waals surface area contributed by atoms with Crippen molar-refractivity contribution in [1.82, 2.24) is 24.2 Å². The van der Waals surface area contributed by atoms with Gasteiger partial charge in [-0.3, -0.25) is 19.0 Å². The Balaban J connectivity index is 1.18. The van der Waals surface area contributed by atoms with E-state index in [1.54, 1.807) is 35.0 Å². The average molecular weight is 542 g/mol. The van der Waals surface area contributed by atoms with Gasteiger partial charge >= 0.3 is 0 Å². The van der Waals surface area contributed by atoms with E-state index in [1.807, 2.05) is 30.1 Å². The number of hydrogen-bond donors (Lipinski definition) is 3. The summed E-state index contributed by atoms with van der Waals surface area (Å²) >= 11 is 0. The zero-order chi connectivity index (χ0) is 27.9. The lowest BCUT2D eigenvalue weighted by atomic mass is 9.91. The number of carbonyl (C=O) groups excluding carboxylic acids is 2. The molecule has 206 valence electrons. The maximum absolute atomic E-state index is 13.3. The highest BCUT2D eigenvalue weighted by molar-refractivity contribution is 6.04. The summed E-state index contributed by atoms with van der Waals surface area (Å²) in [6.45, 7) is 1.08. The van der Waals surface area contributed by atoms with E-state index in [2.05, 4.69) is 20.7 Å². The van der Waals surface area contributed by atoms with Gasteiger partial charge in [-0.1, -0.05) is 6.07 Å². The van der Waals surface area contributed by atoms with Crippen LogP contribution in [-0.2, 0) is 11.3 Å². The van der Waals surface area contributed by atoms with E-state index in [4.69, 9.17) is 0 Å². The maximum atomic E-state index is 13.3. The molecule has 0 spiro atoms. The van der Waals surface area contributed by atoms with Crippen LogP contribution >= 0.6 is 0 Å². The van der Waals surface area contributed by atoms with E-state index in [9.17, 15) is 19.5 Å². The van der Waals surface area contributed by atoms with Crippen molar-refractivity contribution >= 4 is 34.2 Å². The lowest BCUT2D eigenvalue weighted by molar-refractivity contribution is -0.137. The van der Waals surface area contributed by atoms with Crippen molar-refractivity contribution in [3.63, 3.8) is 0 Å². The number of carbonyl (C=O) groups is 2. The number of nitrogens with zero attached hydrogens (tertiary/aromatic N) is 5. The molecule has 1 aliphatic heterocycles. The molecule has 6 rings (SSSR count). The lowest BCUT2D eigenvalue weighted by Crippen LogP contribution is -2.50. The molecule has 2 aliphatic rings. The van der Waals surface area contributed by atoms with Crippen molar-refractivity contribution in [3.8, 4) is 5.69 Å². The second-order valence-electron chi connectivity index (χ2n) is 10.6. The van der Waals surface area contributed by atoms with Gasteiger partial charge in [0.05, 0.1) is 24.0 Å². The Labute approximate surface area is 230 Å². The van der Waals surface area contributed by atoms with Crippen molar-refractivity contribution in [1.29, 1.82) is 0 Å². The van der Waals surface area contributed by atoms with Gasteiger partial charge < -0.3 is 20.6 Å². The largest absolute Gasteiger partial charge is 0.388 e. The Morgan fingerprint density at radius 3 is 2.52 bits per heavy atom. The summed E-state index contributed by atoms with van der Waals surface area (Å²) in [5, 5.41) is 21.8. The summed E-state index contributed by atoms with van der Waals surface area (Å²) in [5.74, 6) is 0.0953. The third-order valence-electron chi connectivity index (χ3n) is 7.74. The molecule has 11 nitrogen and oxygen atoms in total. The third kappa shape index (κ3) is 5.07. The molecule has 40 heavy (non-hydrogen) atoms. The molecule has 2 aromatic heterocycles. The predicted molar refractivity (Wildman–Crippen MR) is 151 cm³/mol. The average Bonchev–Trinajstić information content (AvgIpc) is 3.73. The molecule has 2 fully saturated rings. The molecule has 2 amide bonds. The van der Waals surface area contributed by atoms with Gasteiger partial charge in [0.15, 0.2) is 5.65 Å². The van der Waals surface area contributed by atoms with Gasteiger partial charge in [-0.05, 0) is 68.1 Å². The Hall–Kier alpha value is -4.51. The normalized spacial score (nSPS) is 16.6. The first-order valence-corrected chi connectivity index (χ1v) is 13.5. The molecule has 1 aliphatic carbocycles. The number of benzene rings is 2. The van der Waals surface area contributed by atoms with Crippen molar-refractivity contribution in [3.05, 3.63) is 77.0 Å². The number of nitrogens with one attached hydrogen (secondary N) is 2. The van der Waals surface area contributed by atoms with Crippen LogP contribution in [0.2, 0.25) is 0 Å². The van der Waals surface area contributed by atoms with Crippen LogP contribution in [0.4, 0.5) is 11.4 Å². The highest BCUT2D eigenvalue weighted by atomic mass is 16.3. The minimum absolute atomic E-state index is 0.0994. The Kier molecular flexibility index (Phi) is 6.59. The van der Waals surface area contributed by atoms with Gasteiger partial charge in [0.1, 0.15) is 11.7 Å². The molecule has 4 aromatic rings. The number of hydrogen-bond acceptors (Lipinski definition) is 7. The van der Waals surface area contributed by atoms with E-state index in [-0.39, 0.29) is 29.8 Å². The number of rotatable bonds is 7. The Bertz CT molecular complexity index is 1630. The molecular formula is C29H31N7O4. The molecular weight excluding hydrogens is 510 g/mol. The fraction of sp³-hybridized carbons (Fsp3) is 0.345. The number of anilines is 2. The van der Waals surface area contributed by atoms with Crippen molar-refractivity contribution in [2.24, 2.45) is 5.92 Å². The molecule has 1 saturated heterocycles. The summed E-state index contributed by atoms with van der Waals surface area (Å²) in [6.07, 6.45) is 5.64. The summed E-state index contributed by atoms with van der Waals surface area (Å²) in [5.41, 5.74) is 1.64. The smallest absolute Gasteiger partial charge is 0.264 e. The van der Waals surface area contributed by atoms with E-state index in [1.165, 1.54) is 17.1 Å². The van der Waals surface area contributed by atoms with Gasteiger partial charge in [-0.25, -0.2) is 9.67 Å². The van der Waals surface area contributed by atoms with Crippen LogP contribution in [0.3, 0.4) is 0 Å². The van der Waals surface area contributed by atoms with Gasteiger partial charge in [-0.15, -0.1) is 0 Å². The maximum Gasteiger partial charge on any atom is 0.264 e. The number of likely N-dealkylation sites (tertiary alicyclic amines) is 1.